The molecule has 0 aromatic heterocycles. The lowest BCUT2D eigenvalue weighted by molar-refractivity contribution is -0.134. The fraction of sp³-hybridized carbons (Fsp3) is 0.333. The molecule has 0 fully saturated rings. The van der Waals surface area contributed by atoms with E-state index in [9.17, 15) is 14.7 Å². The Morgan fingerprint density at radius 3 is 2.50 bits per heavy atom. The van der Waals surface area contributed by atoms with Gasteiger partial charge in [-0.05, 0) is 12.5 Å². The van der Waals surface area contributed by atoms with Crippen LogP contribution in [0.1, 0.15) is 18.6 Å². The molecule has 0 aliphatic carbocycles. The molecule has 1 rings (SSSR count). The Morgan fingerprint density at radius 2 is 1.94 bits per heavy atom. The summed E-state index contributed by atoms with van der Waals surface area (Å²) in [5.74, 6) is -1.57. The third-order valence-corrected chi connectivity index (χ3v) is 3.20. The number of thioether (sulfide) groups is 1. The average molecular weight is 269 g/mol. The number of nitrogens with one attached hydrogen (secondary N) is 1. The molecule has 2 atom stereocenters. The number of aliphatic carboxylic acids is 1. The fourth-order valence-corrected chi connectivity index (χ4v) is 1.90. The van der Waals surface area contributed by atoms with Crippen LogP contribution >= 0.6 is 11.8 Å². The Kier molecular flexibility index (Phi) is 5.67. The highest BCUT2D eigenvalue weighted by molar-refractivity contribution is 8.00. The number of carbonyl (C=O) groups excluding carboxylic acids is 1. The van der Waals surface area contributed by atoms with Crippen LogP contribution in [0.25, 0.3) is 0 Å². The molecule has 6 heteroatoms. The highest BCUT2D eigenvalue weighted by atomic mass is 32.2. The minimum absolute atomic E-state index is 0.0944. The number of rotatable bonds is 6. The molecule has 2 unspecified atom stereocenters. The summed E-state index contributed by atoms with van der Waals surface area (Å²) in [5, 5.41) is 20.5. The van der Waals surface area contributed by atoms with Crippen molar-refractivity contribution in [3.63, 3.8) is 0 Å². The molecular weight excluding hydrogens is 254 g/mol. The molecule has 5 nitrogen and oxygen atoms in total. The molecule has 0 saturated carbocycles. The Bertz CT molecular complexity index is 410. The fourth-order valence-electron chi connectivity index (χ4n) is 1.30. The summed E-state index contributed by atoms with van der Waals surface area (Å²) in [7, 11) is 0. The van der Waals surface area contributed by atoms with E-state index in [0.29, 0.717) is 5.56 Å². The van der Waals surface area contributed by atoms with Crippen LogP contribution in [0, 0.1) is 0 Å². The highest BCUT2D eigenvalue weighted by Gasteiger charge is 2.19. The number of aliphatic hydroxyl groups is 1. The van der Waals surface area contributed by atoms with Gasteiger partial charge in [0.1, 0.15) is 0 Å². The zero-order chi connectivity index (χ0) is 13.5. The summed E-state index contributed by atoms with van der Waals surface area (Å²) in [4.78, 5) is 22.0. The van der Waals surface area contributed by atoms with Crippen molar-refractivity contribution in [1.29, 1.82) is 0 Å². The van der Waals surface area contributed by atoms with Gasteiger partial charge in [0.05, 0.1) is 11.1 Å². The van der Waals surface area contributed by atoms with Crippen molar-refractivity contribution >= 4 is 23.6 Å². The van der Waals surface area contributed by atoms with Crippen LogP contribution in [0.4, 0.5) is 0 Å². The SMILES string of the molecule is CC(NC(=O)C(O)c1ccccc1)SCC(=O)O. The molecule has 18 heavy (non-hydrogen) atoms. The Hall–Kier alpha value is -1.53. The lowest BCUT2D eigenvalue weighted by atomic mass is 10.1. The molecular formula is C12H15NO4S. The minimum atomic E-state index is -1.24. The lowest BCUT2D eigenvalue weighted by Crippen LogP contribution is -2.35. The van der Waals surface area contributed by atoms with E-state index in [1.165, 1.54) is 0 Å². The first-order valence-electron chi connectivity index (χ1n) is 5.37. The molecule has 0 bridgehead atoms. The first-order valence-corrected chi connectivity index (χ1v) is 6.42. The normalized spacial score (nSPS) is 13.7. The summed E-state index contributed by atoms with van der Waals surface area (Å²) < 4.78 is 0. The van der Waals surface area contributed by atoms with Gasteiger partial charge in [0, 0.05) is 0 Å². The van der Waals surface area contributed by atoms with E-state index in [1.807, 2.05) is 0 Å². The molecule has 0 radical (unpaired) electrons. The van der Waals surface area contributed by atoms with Crippen molar-refractivity contribution in [1.82, 2.24) is 5.32 Å². The van der Waals surface area contributed by atoms with E-state index in [1.54, 1.807) is 37.3 Å². The van der Waals surface area contributed by atoms with Crippen LogP contribution in [0.3, 0.4) is 0 Å². The zero-order valence-electron chi connectivity index (χ0n) is 9.87. The molecule has 0 aliphatic rings. The predicted octanol–water partition coefficient (Wildman–Crippen LogP) is 1.000. The minimum Gasteiger partial charge on any atom is -0.481 e. The second-order valence-corrected chi connectivity index (χ2v) is 5.00. The molecule has 98 valence electrons. The van der Waals surface area contributed by atoms with Gasteiger partial charge in [0.15, 0.2) is 6.10 Å². The molecule has 3 N–H and O–H groups in total. The summed E-state index contributed by atoms with van der Waals surface area (Å²) in [6.45, 7) is 1.67. The number of aliphatic hydroxyl groups excluding tert-OH is 1. The molecule has 1 aromatic carbocycles. The highest BCUT2D eigenvalue weighted by Crippen LogP contribution is 2.14. The van der Waals surface area contributed by atoms with Crippen molar-refractivity contribution in [3.8, 4) is 0 Å². The molecule has 0 heterocycles. The second kappa shape index (κ2) is 7.03. The molecule has 1 aromatic rings. The Balaban J connectivity index is 2.47. The van der Waals surface area contributed by atoms with Gasteiger partial charge < -0.3 is 15.5 Å². The van der Waals surface area contributed by atoms with Crippen molar-refractivity contribution in [2.45, 2.75) is 18.4 Å². The second-order valence-electron chi connectivity index (χ2n) is 3.67. The van der Waals surface area contributed by atoms with Crippen molar-refractivity contribution in [2.75, 3.05) is 5.75 Å². The quantitative estimate of drug-likeness (QED) is 0.671. The van der Waals surface area contributed by atoms with Gasteiger partial charge in [-0.2, -0.15) is 0 Å². The van der Waals surface area contributed by atoms with Crippen LogP contribution in [-0.4, -0.2) is 33.2 Å². The topological polar surface area (TPSA) is 86.6 Å². The van der Waals surface area contributed by atoms with E-state index in [0.717, 1.165) is 11.8 Å². The van der Waals surface area contributed by atoms with Gasteiger partial charge >= 0.3 is 5.97 Å². The maximum atomic E-state index is 11.7. The van der Waals surface area contributed by atoms with Crippen molar-refractivity contribution in [2.24, 2.45) is 0 Å². The average Bonchev–Trinajstić information content (AvgIpc) is 2.36. The largest absolute Gasteiger partial charge is 0.481 e. The third-order valence-electron chi connectivity index (χ3n) is 2.17. The molecule has 1 amide bonds. The van der Waals surface area contributed by atoms with Crippen molar-refractivity contribution in [3.05, 3.63) is 35.9 Å². The predicted molar refractivity (Wildman–Crippen MR) is 69.1 cm³/mol. The van der Waals surface area contributed by atoms with Gasteiger partial charge in [-0.15, -0.1) is 11.8 Å². The Labute approximate surface area is 109 Å². The first kappa shape index (κ1) is 14.5. The summed E-state index contributed by atoms with van der Waals surface area (Å²) in [5.41, 5.74) is 0.505. The van der Waals surface area contributed by atoms with Gasteiger partial charge in [-0.3, -0.25) is 9.59 Å². The number of hydrogen-bond donors (Lipinski definition) is 3. The monoisotopic (exact) mass is 269 g/mol. The van der Waals surface area contributed by atoms with Crippen LogP contribution in [-0.2, 0) is 9.59 Å². The molecule has 0 aliphatic heterocycles. The van der Waals surface area contributed by atoms with Crippen LogP contribution in [0.5, 0.6) is 0 Å². The first-order chi connectivity index (χ1) is 8.50. The van der Waals surface area contributed by atoms with E-state index in [4.69, 9.17) is 5.11 Å². The number of amides is 1. The van der Waals surface area contributed by atoms with E-state index in [2.05, 4.69) is 5.32 Å². The van der Waals surface area contributed by atoms with Crippen LogP contribution in [0.15, 0.2) is 30.3 Å². The van der Waals surface area contributed by atoms with E-state index < -0.39 is 18.0 Å². The standard InChI is InChI=1S/C12H15NO4S/c1-8(18-7-10(14)15)13-12(17)11(16)9-5-3-2-4-6-9/h2-6,8,11,16H,7H2,1H3,(H,13,17)(H,14,15). The number of benzene rings is 1. The smallest absolute Gasteiger partial charge is 0.313 e. The number of carbonyl (C=O) groups is 2. The summed E-state index contributed by atoms with van der Waals surface area (Å²) in [6, 6.07) is 8.56. The van der Waals surface area contributed by atoms with Gasteiger partial charge in [0.2, 0.25) is 0 Å². The number of hydrogen-bond acceptors (Lipinski definition) is 4. The van der Waals surface area contributed by atoms with Gasteiger partial charge in [-0.25, -0.2) is 0 Å². The molecule has 0 spiro atoms. The summed E-state index contributed by atoms with van der Waals surface area (Å²) >= 11 is 1.08. The van der Waals surface area contributed by atoms with E-state index >= 15 is 0 Å². The zero-order valence-corrected chi connectivity index (χ0v) is 10.7. The Morgan fingerprint density at radius 1 is 1.33 bits per heavy atom. The maximum absolute atomic E-state index is 11.7. The van der Waals surface area contributed by atoms with Crippen molar-refractivity contribution < 1.29 is 19.8 Å². The maximum Gasteiger partial charge on any atom is 0.313 e. The van der Waals surface area contributed by atoms with Crippen LogP contribution < -0.4 is 5.32 Å². The number of carboxylic acids is 1. The molecule has 0 saturated heterocycles. The van der Waals surface area contributed by atoms with Gasteiger partial charge in [-0.1, -0.05) is 30.3 Å². The summed E-state index contributed by atoms with van der Waals surface area (Å²) in [6.07, 6.45) is -1.24. The lowest BCUT2D eigenvalue weighted by Gasteiger charge is -2.16. The third kappa shape index (κ3) is 4.77. The van der Waals surface area contributed by atoms with E-state index in [-0.39, 0.29) is 11.1 Å². The van der Waals surface area contributed by atoms with Gasteiger partial charge in [0.25, 0.3) is 5.91 Å². The van der Waals surface area contributed by atoms with Crippen LogP contribution in [0.2, 0.25) is 0 Å². The number of carboxylic acid groups (broad SMARTS) is 1.